The smallest absolute Gasteiger partial charge is 0.256 e. The van der Waals surface area contributed by atoms with E-state index in [1.54, 1.807) is 25.1 Å². The molecule has 3 aromatic rings. The van der Waals surface area contributed by atoms with E-state index in [-0.39, 0.29) is 16.2 Å². The number of rotatable bonds is 6. The highest BCUT2D eigenvalue weighted by Crippen LogP contribution is 2.23. The highest BCUT2D eigenvalue weighted by atomic mass is 32.2. The van der Waals surface area contributed by atoms with Crippen molar-refractivity contribution >= 4 is 21.4 Å². The Bertz CT molecular complexity index is 1060. The zero-order valence-electron chi connectivity index (χ0n) is 15.0. The summed E-state index contributed by atoms with van der Waals surface area (Å²) < 4.78 is 26.4. The number of carbonyl (C=O) groups excluding carboxylic acids is 1. The van der Waals surface area contributed by atoms with Crippen LogP contribution in [-0.2, 0) is 9.84 Å². The van der Waals surface area contributed by atoms with E-state index in [4.69, 9.17) is 0 Å². The number of nitrogens with one attached hydrogen (secondary N) is 1. The summed E-state index contributed by atoms with van der Waals surface area (Å²) in [4.78, 5) is 12.9. The molecule has 1 amide bonds. The van der Waals surface area contributed by atoms with E-state index in [1.807, 2.05) is 19.1 Å². The largest absolute Gasteiger partial charge is 0.322 e. The van der Waals surface area contributed by atoms with Crippen LogP contribution in [0.4, 0.5) is 5.69 Å². The van der Waals surface area contributed by atoms with E-state index in [0.717, 1.165) is 5.56 Å². The first-order valence-corrected chi connectivity index (χ1v) is 10.0. The van der Waals surface area contributed by atoms with Crippen LogP contribution in [0.15, 0.2) is 53.7 Å². The lowest BCUT2D eigenvalue weighted by Crippen LogP contribution is -2.18. The molecule has 1 aromatic heterocycles. The fourth-order valence-electron chi connectivity index (χ4n) is 2.66. The minimum Gasteiger partial charge on any atom is -0.322 e. The quantitative estimate of drug-likeness (QED) is 0.698. The number of aryl methyl sites for hydroxylation is 1. The van der Waals surface area contributed by atoms with Crippen molar-refractivity contribution in [3.8, 4) is 5.69 Å². The Labute approximate surface area is 157 Å². The van der Waals surface area contributed by atoms with Gasteiger partial charge in [0.2, 0.25) is 0 Å². The monoisotopic (exact) mass is 385 g/mol. The number of amides is 1. The van der Waals surface area contributed by atoms with Crippen molar-refractivity contribution in [2.45, 2.75) is 25.2 Å². The van der Waals surface area contributed by atoms with Gasteiger partial charge in [0.1, 0.15) is 6.33 Å². The second kappa shape index (κ2) is 7.67. The van der Waals surface area contributed by atoms with Crippen LogP contribution in [0, 0.1) is 6.92 Å². The van der Waals surface area contributed by atoms with Crippen molar-refractivity contribution in [1.29, 1.82) is 0 Å². The molecule has 3 rings (SSSR count). The maximum atomic E-state index is 12.8. The minimum atomic E-state index is -3.52. The average Bonchev–Trinajstić information content (AvgIpc) is 3.18. The van der Waals surface area contributed by atoms with Crippen LogP contribution in [0.3, 0.4) is 0 Å². The van der Waals surface area contributed by atoms with E-state index in [9.17, 15) is 13.2 Å². The highest BCUT2D eigenvalue weighted by molar-refractivity contribution is 7.91. The number of tetrazole rings is 1. The topological polar surface area (TPSA) is 107 Å². The number of nitrogens with zero attached hydrogens (tertiary/aromatic N) is 4. The molecule has 9 heteroatoms. The SMILES string of the molecule is CCCS(=O)(=O)c1ccccc1C(=O)Nc1cc(-n2cnnn2)ccc1C. The van der Waals surface area contributed by atoms with Gasteiger partial charge in [-0.3, -0.25) is 4.79 Å². The molecule has 140 valence electrons. The minimum absolute atomic E-state index is 0.00882. The third-order valence-electron chi connectivity index (χ3n) is 4.02. The molecule has 27 heavy (non-hydrogen) atoms. The highest BCUT2D eigenvalue weighted by Gasteiger charge is 2.21. The van der Waals surface area contributed by atoms with Crippen molar-refractivity contribution in [1.82, 2.24) is 20.2 Å². The molecule has 0 spiro atoms. The number of carbonyl (C=O) groups is 1. The van der Waals surface area contributed by atoms with Crippen LogP contribution in [0.5, 0.6) is 0 Å². The molecule has 0 bridgehead atoms. The molecule has 0 aliphatic carbocycles. The molecule has 8 nitrogen and oxygen atoms in total. The fourth-order valence-corrected chi connectivity index (χ4v) is 4.20. The van der Waals surface area contributed by atoms with E-state index >= 15 is 0 Å². The number of aromatic nitrogens is 4. The van der Waals surface area contributed by atoms with Crippen LogP contribution in [-0.4, -0.2) is 40.3 Å². The number of hydrogen-bond acceptors (Lipinski definition) is 6. The standard InChI is InChI=1S/C18H19N5O3S/c1-3-10-27(25,26)17-7-5-4-6-15(17)18(24)20-16-11-14(9-8-13(16)2)23-12-19-21-22-23/h4-9,11-12H,3,10H2,1-2H3,(H,20,24). The summed E-state index contributed by atoms with van der Waals surface area (Å²) in [6.45, 7) is 3.63. The average molecular weight is 385 g/mol. The number of hydrogen-bond donors (Lipinski definition) is 1. The van der Waals surface area contributed by atoms with Gasteiger partial charge in [-0.05, 0) is 53.6 Å². The van der Waals surface area contributed by atoms with Crippen LogP contribution >= 0.6 is 0 Å². The predicted octanol–water partition coefficient (Wildman–Crippen LogP) is 2.41. The lowest BCUT2D eigenvalue weighted by atomic mass is 10.1. The Morgan fingerprint density at radius 1 is 1.19 bits per heavy atom. The van der Waals surface area contributed by atoms with Gasteiger partial charge in [-0.15, -0.1) is 5.10 Å². The van der Waals surface area contributed by atoms with Gasteiger partial charge in [0.25, 0.3) is 5.91 Å². The van der Waals surface area contributed by atoms with Crippen molar-refractivity contribution in [3.05, 3.63) is 59.9 Å². The maximum Gasteiger partial charge on any atom is 0.256 e. The Morgan fingerprint density at radius 2 is 1.96 bits per heavy atom. The Balaban J connectivity index is 1.94. The van der Waals surface area contributed by atoms with Crippen molar-refractivity contribution in [2.75, 3.05) is 11.1 Å². The Morgan fingerprint density at radius 3 is 2.67 bits per heavy atom. The first-order chi connectivity index (χ1) is 12.9. The van der Waals surface area contributed by atoms with Gasteiger partial charge >= 0.3 is 0 Å². The summed E-state index contributed by atoms with van der Waals surface area (Å²) >= 11 is 0. The molecule has 0 saturated heterocycles. The van der Waals surface area contributed by atoms with Gasteiger partial charge in [-0.2, -0.15) is 0 Å². The molecule has 0 fully saturated rings. The number of anilines is 1. The van der Waals surface area contributed by atoms with Crippen LogP contribution in [0.1, 0.15) is 29.3 Å². The molecule has 0 saturated carbocycles. The van der Waals surface area contributed by atoms with Crippen molar-refractivity contribution in [3.63, 3.8) is 0 Å². The fraction of sp³-hybridized carbons (Fsp3) is 0.222. The molecule has 1 heterocycles. The van der Waals surface area contributed by atoms with Crippen molar-refractivity contribution < 1.29 is 13.2 Å². The number of sulfone groups is 1. The van der Waals surface area contributed by atoms with E-state index in [1.165, 1.54) is 23.1 Å². The molecule has 0 atom stereocenters. The molecule has 0 radical (unpaired) electrons. The molecule has 0 aliphatic rings. The van der Waals surface area contributed by atoms with E-state index in [0.29, 0.717) is 17.8 Å². The van der Waals surface area contributed by atoms with Crippen LogP contribution < -0.4 is 5.32 Å². The second-order valence-corrected chi connectivity index (χ2v) is 8.10. The number of benzene rings is 2. The van der Waals surface area contributed by atoms with E-state index in [2.05, 4.69) is 20.8 Å². The molecule has 2 aromatic carbocycles. The first kappa shape index (κ1) is 18.7. The molecular formula is C18H19N5O3S. The summed E-state index contributed by atoms with van der Waals surface area (Å²) in [5, 5.41) is 13.8. The zero-order valence-corrected chi connectivity index (χ0v) is 15.8. The van der Waals surface area contributed by atoms with E-state index < -0.39 is 15.7 Å². The van der Waals surface area contributed by atoms with Gasteiger partial charge in [-0.25, -0.2) is 13.1 Å². The molecular weight excluding hydrogens is 366 g/mol. The predicted molar refractivity (Wildman–Crippen MR) is 101 cm³/mol. The first-order valence-electron chi connectivity index (χ1n) is 8.39. The molecule has 1 N–H and O–H groups in total. The normalized spacial score (nSPS) is 11.3. The third kappa shape index (κ3) is 4.03. The summed E-state index contributed by atoms with van der Waals surface area (Å²) in [6, 6.07) is 11.6. The summed E-state index contributed by atoms with van der Waals surface area (Å²) in [5.74, 6) is -0.493. The van der Waals surface area contributed by atoms with Gasteiger partial charge < -0.3 is 5.32 Å². The Kier molecular flexibility index (Phi) is 5.31. The van der Waals surface area contributed by atoms with Gasteiger partial charge in [-0.1, -0.05) is 25.1 Å². The second-order valence-electron chi connectivity index (χ2n) is 6.02. The Hall–Kier alpha value is -3.07. The van der Waals surface area contributed by atoms with Crippen LogP contribution in [0.25, 0.3) is 5.69 Å². The molecule has 0 aliphatic heterocycles. The third-order valence-corrected chi connectivity index (χ3v) is 5.99. The van der Waals surface area contributed by atoms with Crippen molar-refractivity contribution in [2.24, 2.45) is 0 Å². The van der Waals surface area contributed by atoms with Crippen LogP contribution in [0.2, 0.25) is 0 Å². The summed E-state index contributed by atoms with van der Waals surface area (Å²) in [5.41, 5.74) is 2.18. The lowest BCUT2D eigenvalue weighted by Gasteiger charge is -2.13. The molecule has 0 unspecified atom stereocenters. The zero-order chi connectivity index (χ0) is 19.4. The lowest BCUT2D eigenvalue weighted by molar-refractivity contribution is 0.102. The summed E-state index contributed by atoms with van der Waals surface area (Å²) in [6.07, 6.45) is 1.92. The van der Waals surface area contributed by atoms with Gasteiger partial charge in [0.05, 0.1) is 21.9 Å². The van der Waals surface area contributed by atoms with Gasteiger partial charge in [0.15, 0.2) is 9.84 Å². The maximum absolute atomic E-state index is 12.8. The summed E-state index contributed by atoms with van der Waals surface area (Å²) in [7, 11) is -3.52. The van der Waals surface area contributed by atoms with Gasteiger partial charge in [0, 0.05) is 5.69 Å².